The number of carboxylic acid groups (broad SMARTS) is 1. The molecule has 10 heteroatoms. The summed E-state index contributed by atoms with van der Waals surface area (Å²) in [5, 5.41) is 13.4. The minimum absolute atomic E-state index is 0.123. The first-order chi connectivity index (χ1) is 19.4. The van der Waals surface area contributed by atoms with Gasteiger partial charge >= 0.3 is 6.09 Å². The molecule has 0 radical (unpaired) electrons. The zero-order valence-electron chi connectivity index (χ0n) is 22.1. The molecule has 9 nitrogen and oxygen atoms in total. The Morgan fingerprint density at radius 2 is 1.65 bits per heavy atom. The lowest BCUT2D eigenvalue weighted by Crippen LogP contribution is -2.59. The first kappa shape index (κ1) is 27.6. The second kappa shape index (κ2) is 12.5. The van der Waals surface area contributed by atoms with Gasteiger partial charge in [-0.1, -0.05) is 54.1 Å². The van der Waals surface area contributed by atoms with Crippen LogP contribution >= 0.6 is 11.6 Å². The van der Waals surface area contributed by atoms with Crippen molar-refractivity contribution >= 4 is 29.5 Å². The Morgan fingerprint density at radius 3 is 2.33 bits per heavy atom. The summed E-state index contributed by atoms with van der Waals surface area (Å²) in [6.07, 6.45) is 1.13. The van der Waals surface area contributed by atoms with Crippen molar-refractivity contribution in [1.29, 1.82) is 0 Å². The van der Waals surface area contributed by atoms with E-state index >= 15 is 0 Å². The Bertz CT molecular complexity index is 1350. The number of halogens is 1. The molecule has 2 atom stereocenters. The van der Waals surface area contributed by atoms with Crippen molar-refractivity contribution < 1.29 is 19.5 Å². The first-order valence-corrected chi connectivity index (χ1v) is 13.8. The number of rotatable bonds is 7. The fourth-order valence-electron chi connectivity index (χ4n) is 5.35. The highest BCUT2D eigenvalue weighted by Gasteiger charge is 2.37. The van der Waals surface area contributed by atoms with Gasteiger partial charge in [-0.2, -0.15) is 0 Å². The highest BCUT2D eigenvalue weighted by molar-refractivity contribution is 6.30. The van der Waals surface area contributed by atoms with Crippen molar-refractivity contribution in [2.45, 2.75) is 38.0 Å². The molecule has 208 valence electrons. The van der Waals surface area contributed by atoms with Crippen molar-refractivity contribution in [2.24, 2.45) is 0 Å². The lowest BCUT2D eigenvalue weighted by atomic mass is 9.93. The van der Waals surface area contributed by atoms with Crippen LogP contribution in [-0.4, -0.2) is 81.0 Å². The number of nitrogens with zero attached hydrogens (tertiary/aromatic N) is 4. The van der Waals surface area contributed by atoms with Gasteiger partial charge in [0.05, 0.1) is 12.2 Å². The van der Waals surface area contributed by atoms with E-state index in [9.17, 15) is 19.5 Å². The van der Waals surface area contributed by atoms with E-state index in [0.29, 0.717) is 37.7 Å². The molecule has 0 aliphatic carbocycles. The third-order valence-electron chi connectivity index (χ3n) is 7.56. The largest absolute Gasteiger partial charge is 0.465 e. The van der Waals surface area contributed by atoms with Gasteiger partial charge in [0.2, 0.25) is 11.8 Å². The minimum Gasteiger partial charge on any atom is -0.465 e. The highest BCUT2D eigenvalue weighted by Crippen LogP contribution is 2.24. The fourth-order valence-corrected chi connectivity index (χ4v) is 5.48. The van der Waals surface area contributed by atoms with Crippen LogP contribution in [0.25, 0.3) is 0 Å². The molecule has 2 aliphatic heterocycles. The van der Waals surface area contributed by atoms with Gasteiger partial charge in [0, 0.05) is 56.8 Å². The van der Waals surface area contributed by atoms with Gasteiger partial charge in [0.25, 0.3) is 0 Å². The topological polar surface area (TPSA) is 106 Å². The van der Waals surface area contributed by atoms with E-state index in [0.717, 1.165) is 27.3 Å². The SMILES string of the molecule is O=C(N[C@H](Cc1ccc(Cl)cc1)C(=O)N1CCN(Cc2ccccn2)CC1)[C@@H]1Cc2ccccc2CN1C(=O)O. The highest BCUT2D eigenvalue weighted by atomic mass is 35.5. The van der Waals surface area contributed by atoms with Crippen LogP contribution < -0.4 is 5.32 Å². The average molecular weight is 562 g/mol. The van der Waals surface area contributed by atoms with E-state index in [1.807, 2.05) is 54.6 Å². The number of carbonyl (C=O) groups excluding carboxylic acids is 2. The Hall–Kier alpha value is -3.95. The normalized spacial score (nSPS) is 18.1. The molecular weight excluding hydrogens is 530 g/mol. The number of aromatic nitrogens is 1. The number of benzene rings is 2. The molecule has 2 aromatic carbocycles. The predicted molar refractivity (Wildman–Crippen MR) is 151 cm³/mol. The average Bonchev–Trinajstić information content (AvgIpc) is 2.97. The number of hydrogen-bond donors (Lipinski definition) is 2. The Balaban J connectivity index is 1.30. The zero-order chi connectivity index (χ0) is 28.1. The molecule has 3 heterocycles. The maximum absolute atomic E-state index is 13.8. The molecule has 2 N–H and O–H groups in total. The van der Waals surface area contributed by atoms with Crippen molar-refractivity contribution in [1.82, 2.24) is 25.0 Å². The summed E-state index contributed by atoms with van der Waals surface area (Å²) in [4.78, 5) is 49.0. The molecule has 2 aliphatic rings. The van der Waals surface area contributed by atoms with E-state index in [1.54, 1.807) is 23.2 Å². The van der Waals surface area contributed by atoms with Gasteiger partial charge in [-0.25, -0.2) is 4.79 Å². The van der Waals surface area contributed by atoms with Crippen LogP contribution in [0.5, 0.6) is 0 Å². The molecular formula is C30H32ClN5O4. The van der Waals surface area contributed by atoms with Crippen molar-refractivity contribution in [3.8, 4) is 0 Å². The maximum Gasteiger partial charge on any atom is 0.408 e. The quantitative estimate of drug-likeness (QED) is 0.459. The van der Waals surface area contributed by atoms with Crippen LogP contribution in [0.3, 0.4) is 0 Å². The second-order valence-corrected chi connectivity index (χ2v) is 10.6. The predicted octanol–water partition coefficient (Wildman–Crippen LogP) is 3.21. The van der Waals surface area contributed by atoms with Gasteiger partial charge in [-0.15, -0.1) is 0 Å². The molecule has 0 spiro atoms. The van der Waals surface area contributed by atoms with Gasteiger partial charge in [-0.3, -0.25) is 24.4 Å². The van der Waals surface area contributed by atoms with Crippen molar-refractivity contribution in [2.75, 3.05) is 26.2 Å². The summed E-state index contributed by atoms with van der Waals surface area (Å²) >= 11 is 6.06. The number of carbonyl (C=O) groups is 3. The van der Waals surface area contributed by atoms with Crippen molar-refractivity contribution in [3.05, 3.63) is 100 Å². The molecule has 40 heavy (non-hydrogen) atoms. The van der Waals surface area contributed by atoms with Crippen LogP contribution in [0.1, 0.15) is 22.4 Å². The number of amides is 3. The number of fused-ring (bicyclic) bond motifs is 1. The van der Waals surface area contributed by atoms with Gasteiger partial charge in [0.1, 0.15) is 12.1 Å². The summed E-state index contributed by atoms with van der Waals surface area (Å²) in [5.74, 6) is -0.656. The van der Waals surface area contributed by atoms with E-state index in [-0.39, 0.29) is 25.3 Å². The maximum atomic E-state index is 13.8. The van der Waals surface area contributed by atoms with E-state index in [2.05, 4.69) is 15.2 Å². The van der Waals surface area contributed by atoms with E-state index in [1.165, 1.54) is 0 Å². The third-order valence-corrected chi connectivity index (χ3v) is 7.81. The number of piperazine rings is 1. The van der Waals surface area contributed by atoms with Crippen LogP contribution in [0.4, 0.5) is 4.79 Å². The monoisotopic (exact) mass is 561 g/mol. The molecule has 1 saturated heterocycles. The Kier molecular flexibility index (Phi) is 8.62. The van der Waals surface area contributed by atoms with Crippen molar-refractivity contribution in [3.63, 3.8) is 0 Å². The molecule has 0 saturated carbocycles. The fraction of sp³-hybridized carbons (Fsp3) is 0.333. The molecule has 5 rings (SSSR count). The molecule has 0 unspecified atom stereocenters. The van der Waals surface area contributed by atoms with Crippen LogP contribution in [-0.2, 0) is 35.5 Å². The van der Waals surface area contributed by atoms with Crippen LogP contribution in [0, 0.1) is 0 Å². The smallest absolute Gasteiger partial charge is 0.408 e. The third kappa shape index (κ3) is 6.60. The van der Waals surface area contributed by atoms with Crippen LogP contribution in [0.15, 0.2) is 72.9 Å². The number of hydrogen-bond acceptors (Lipinski definition) is 5. The standard InChI is InChI=1S/C30H32ClN5O4/c31-24-10-8-21(9-11-24)17-26(29(38)35-15-13-34(14-16-35)20-25-7-3-4-12-32-25)33-28(37)27-18-22-5-1-2-6-23(22)19-36(27)30(39)40/h1-12,26-27H,13-20H2,(H,33,37)(H,39,40)/t26-,27+/m1/s1. The number of nitrogens with one attached hydrogen (secondary N) is 1. The zero-order valence-corrected chi connectivity index (χ0v) is 22.8. The molecule has 1 aromatic heterocycles. The van der Waals surface area contributed by atoms with Gasteiger partial charge < -0.3 is 15.3 Å². The summed E-state index contributed by atoms with van der Waals surface area (Å²) < 4.78 is 0. The number of pyridine rings is 1. The molecule has 3 aromatic rings. The first-order valence-electron chi connectivity index (χ1n) is 13.4. The van der Waals surface area contributed by atoms with E-state index < -0.39 is 24.1 Å². The van der Waals surface area contributed by atoms with Crippen LogP contribution in [0.2, 0.25) is 5.02 Å². The molecule has 1 fully saturated rings. The summed E-state index contributed by atoms with van der Waals surface area (Å²) in [5.41, 5.74) is 3.64. The van der Waals surface area contributed by atoms with Gasteiger partial charge in [-0.05, 0) is 41.0 Å². The summed E-state index contributed by atoms with van der Waals surface area (Å²) in [6.45, 7) is 3.26. The lowest BCUT2D eigenvalue weighted by Gasteiger charge is -2.38. The van der Waals surface area contributed by atoms with E-state index in [4.69, 9.17) is 11.6 Å². The summed E-state index contributed by atoms with van der Waals surface area (Å²) in [7, 11) is 0. The Morgan fingerprint density at radius 1 is 0.950 bits per heavy atom. The lowest BCUT2D eigenvalue weighted by molar-refractivity contribution is -0.139. The van der Waals surface area contributed by atoms with Gasteiger partial charge in [0.15, 0.2) is 0 Å². The molecule has 0 bridgehead atoms. The minimum atomic E-state index is -1.17. The second-order valence-electron chi connectivity index (χ2n) is 10.2. The molecule has 3 amide bonds. The summed E-state index contributed by atoms with van der Waals surface area (Å²) in [6, 6.07) is 18.8. The Labute approximate surface area is 238 Å².